The Bertz CT molecular complexity index is 740. The third-order valence-electron chi connectivity index (χ3n) is 4.53. The molecule has 3 rings (SSSR count). The molecule has 2 aliphatic rings. The lowest BCUT2D eigenvalue weighted by molar-refractivity contribution is 0.0729. The fourth-order valence-electron chi connectivity index (χ4n) is 3.06. The standard InChI is InChI=1S/C17H24N2O6S/c1-23-15-5-4-13(17(20)18-12-14-3-2-8-25-14)11-16(15)26(21,22)19-6-9-24-10-7-19/h4-5,11,14H,2-3,6-10,12H2,1H3,(H,18,20)/t14-/m1/s1. The van der Waals surface area contributed by atoms with Gasteiger partial charge in [0.1, 0.15) is 10.6 Å². The summed E-state index contributed by atoms with van der Waals surface area (Å²) < 4.78 is 43.2. The van der Waals surface area contributed by atoms with Gasteiger partial charge in [-0.1, -0.05) is 0 Å². The van der Waals surface area contributed by atoms with Gasteiger partial charge in [-0.2, -0.15) is 4.31 Å². The van der Waals surface area contributed by atoms with Crippen LogP contribution >= 0.6 is 0 Å². The molecular formula is C17H24N2O6S. The van der Waals surface area contributed by atoms with Gasteiger partial charge in [0.2, 0.25) is 10.0 Å². The number of carbonyl (C=O) groups is 1. The highest BCUT2D eigenvalue weighted by Gasteiger charge is 2.30. The Labute approximate surface area is 153 Å². The minimum absolute atomic E-state index is 0.00772. The summed E-state index contributed by atoms with van der Waals surface area (Å²) in [5, 5.41) is 2.80. The van der Waals surface area contributed by atoms with Crippen molar-refractivity contribution in [3.63, 3.8) is 0 Å². The first-order valence-corrected chi connectivity index (χ1v) is 10.1. The predicted molar refractivity (Wildman–Crippen MR) is 93.9 cm³/mol. The first kappa shape index (κ1) is 19.1. The van der Waals surface area contributed by atoms with Crippen molar-refractivity contribution in [2.45, 2.75) is 23.8 Å². The second-order valence-corrected chi connectivity index (χ2v) is 8.13. The van der Waals surface area contributed by atoms with Crippen LogP contribution in [0.2, 0.25) is 0 Å². The van der Waals surface area contributed by atoms with E-state index in [4.69, 9.17) is 14.2 Å². The van der Waals surface area contributed by atoms with Gasteiger partial charge in [-0.3, -0.25) is 4.79 Å². The maximum absolute atomic E-state index is 12.9. The topological polar surface area (TPSA) is 94.2 Å². The summed E-state index contributed by atoms with van der Waals surface area (Å²) in [4.78, 5) is 12.4. The highest BCUT2D eigenvalue weighted by atomic mass is 32.2. The number of morpholine rings is 1. The van der Waals surface area contributed by atoms with Gasteiger partial charge in [-0.05, 0) is 31.0 Å². The molecule has 9 heteroatoms. The molecule has 0 bridgehead atoms. The molecule has 1 amide bonds. The van der Waals surface area contributed by atoms with Gasteiger partial charge in [-0.15, -0.1) is 0 Å². The van der Waals surface area contributed by atoms with Gasteiger partial charge in [0.15, 0.2) is 0 Å². The molecule has 2 saturated heterocycles. The van der Waals surface area contributed by atoms with Crippen LogP contribution in [0, 0.1) is 0 Å². The molecule has 1 aromatic rings. The number of rotatable bonds is 6. The minimum Gasteiger partial charge on any atom is -0.495 e. The van der Waals surface area contributed by atoms with E-state index in [1.54, 1.807) is 6.07 Å². The van der Waals surface area contributed by atoms with Gasteiger partial charge in [0.25, 0.3) is 5.91 Å². The summed E-state index contributed by atoms with van der Waals surface area (Å²) in [6.07, 6.45) is 1.93. The number of carbonyl (C=O) groups excluding carboxylic acids is 1. The van der Waals surface area contributed by atoms with Crippen LogP contribution in [0.1, 0.15) is 23.2 Å². The van der Waals surface area contributed by atoms with Crippen LogP contribution in [-0.2, 0) is 19.5 Å². The summed E-state index contributed by atoms with van der Waals surface area (Å²) >= 11 is 0. The number of benzene rings is 1. The van der Waals surface area contributed by atoms with Crippen LogP contribution in [0.3, 0.4) is 0 Å². The largest absolute Gasteiger partial charge is 0.495 e. The summed E-state index contributed by atoms with van der Waals surface area (Å²) in [5.74, 6) is -0.117. The molecule has 1 N–H and O–H groups in total. The van der Waals surface area contributed by atoms with Gasteiger partial charge in [-0.25, -0.2) is 8.42 Å². The summed E-state index contributed by atoms with van der Waals surface area (Å²) in [5.41, 5.74) is 0.274. The second kappa shape index (κ2) is 8.34. The van der Waals surface area contributed by atoms with Crippen molar-refractivity contribution in [3.05, 3.63) is 23.8 Å². The Morgan fingerprint density at radius 1 is 1.31 bits per heavy atom. The molecule has 0 radical (unpaired) electrons. The predicted octanol–water partition coefficient (Wildman–Crippen LogP) is 0.625. The van der Waals surface area contributed by atoms with E-state index in [0.717, 1.165) is 12.8 Å². The molecule has 1 aromatic carbocycles. The zero-order chi connectivity index (χ0) is 18.6. The molecule has 2 aliphatic heterocycles. The highest BCUT2D eigenvalue weighted by molar-refractivity contribution is 7.89. The second-order valence-electron chi connectivity index (χ2n) is 6.23. The average Bonchev–Trinajstić information content (AvgIpc) is 3.20. The van der Waals surface area contributed by atoms with Crippen LogP contribution < -0.4 is 10.1 Å². The molecule has 0 unspecified atom stereocenters. The lowest BCUT2D eigenvalue weighted by Crippen LogP contribution is -2.40. The van der Waals surface area contributed by atoms with Crippen LogP contribution in [0.5, 0.6) is 5.75 Å². The quantitative estimate of drug-likeness (QED) is 0.773. The Kier molecular flexibility index (Phi) is 6.13. The third kappa shape index (κ3) is 4.17. The van der Waals surface area contributed by atoms with Crippen molar-refractivity contribution in [1.29, 1.82) is 0 Å². The zero-order valence-corrected chi connectivity index (χ0v) is 15.6. The number of hydrogen-bond acceptors (Lipinski definition) is 6. The fourth-order valence-corrected chi connectivity index (χ4v) is 4.65. The van der Waals surface area contributed by atoms with Crippen LogP contribution in [0.15, 0.2) is 23.1 Å². The lowest BCUT2D eigenvalue weighted by Gasteiger charge is -2.26. The Morgan fingerprint density at radius 2 is 2.08 bits per heavy atom. The van der Waals surface area contributed by atoms with E-state index in [9.17, 15) is 13.2 Å². The molecule has 8 nitrogen and oxygen atoms in total. The van der Waals surface area contributed by atoms with Crippen LogP contribution in [0.4, 0.5) is 0 Å². The highest BCUT2D eigenvalue weighted by Crippen LogP contribution is 2.28. The first-order valence-electron chi connectivity index (χ1n) is 8.68. The van der Waals surface area contributed by atoms with Gasteiger partial charge < -0.3 is 19.5 Å². The van der Waals surface area contributed by atoms with E-state index in [1.807, 2.05) is 0 Å². The molecule has 2 heterocycles. The molecule has 0 aromatic heterocycles. The first-order chi connectivity index (χ1) is 12.5. The van der Waals surface area contributed by atoms with Crippen molar-refractivity contribution >= 4 is 15.9 Å². The van der Waals surface area contributed by atoms with E-state index in [-0.39, 0.29) is 41.3 Å². The fraction of sp³-hybridized carbons (Fsp3) is 0.588. The monoisotopic (exact) mass is 384 g/mol. The van der Waals surface area contributed by atoms with Gasteiger partial charge in [0, 0.05) is 31.8 Å². The van der Waals surface area contributed by atoms with Crippen molar-refractivity contribution in [3.8, 4) is 5.75 Å². The molecule has 1 atom stereocenters. The van der Waals surface area contributed by atoms with Crippen LogP contribution in [0.25, 0.3) is 0 Å². The van der Waals surface area contributed by atoms with Gasteiger partial charge >= 0.3 is 0 Å². The van der Waals surface area contributed by atoms with Crippen molar-refractivity contribution < 1.29 is 27.4 Å². The molecule has 0 saturated carbocycles. The van der Waals surface area contributed by atoms with E-state index in [1.165, 1.54) is 23.5 Å². The summed E-state index contributed by atoms with van der Waals surface area (Å²) in [6.45, 7) is 2.38. The number of hydrogen-bond donors (Lipinski definition) is 1. The Hall–Kier alpha value is -1.68. The zero-order valence-electron chi connectivity index (χ0n) is 14.8. The summed E-state index contributed by atoms with van der Waals surface area (Å²) in [7, 11) is -2.36. The molecule has 26 heavy (non-hydrogen) atoms. The number of methoxy groups -OCH3 is 1. The molecular weight excluding hydrogens is 360 g/mol. The number of nitrogens with one attached hydrogen (secondary N) is 1. The smallest absolute Gasteiger partial charge is 0.251 e. The Morgan fingerprint density at radius 3 is 2.73 bits per heavy atom. The number of ether oxygens (including phenoxy) is 3. The molecule has 0 spiro atoms. The molecule has 144 valence electrons. The Balaban J connectivity index is 1.80. The maximum Gasteiger partial charge on any atom is 0.251 e. The van der Waals surface area contributed by atoms with Crippen molar-refractivity contribution in [2.75, 3.05) is 46.6 Å². The number of nitrogens with zero attached hydrogens (tertiary/aromatic N) is 1. The van der Waals surface area contributed by atoms with Crippen LogP contribution in [-0.4, -0.2) is 71.3 Å². The normalized spacial score (nSPS) is 21.5. The molecule has 0 aliphatic carbocycles. The molecule has 2 fully saturated rings. The van der Waals surface area contributed by atoms with E-state index in [2.05, 4.69) is 5.32 Å². The average molecular weight is 384 g/mol. The van der Waals surface area contributed by atoms with E-state index < -0.39 is 10.0 Å². The van der Waals surface area contributed by atoms with Crippen molar-refractivity contribution in [2.24, 2.45) is 0 Å². The number of sulfonamides is 1. The van der Waals surface area contributed by atoms with Crippen molar-refractivity contribution in [1.82, 2.24) is 9.62 Å². The lowest BCUT2D eigenvalue weighted by atomic mass is 10.2. The maximum atomic E-state index is 12.9. The van der Waals surface area contributed by atoms with E-state index in [0.29, 0.717) is 26.4 Å². The SMILES string of the molecule is COc1ccc(C(=O)NC[C@H]2CCCO2)cc1S(=O)(=O)N1CCOCC1. The van der Waals surface area contributed by atoms with E-state index >= 15 is 0 Å². The number of amides is 1. The minimum atomic E-state index is -3.77. The third-order valence-corrected chi connectivity index (χ3v) is 6.45. The van der Waals surface area contributed by atoms with Gasteiger partial charge in [0.05, 0.1) is 26.4 Å². The summed E-state index contributed by atoms with van der Waals surface area (Å²) in [6, 6.07) is 4.44.